The molecule has 29 heavy (non-hydrogen) atoms. The Morgan fingerprint density at radius 2 is 1.79 bits per heavy atom. The average molecular weight is 439 g/mol. The highest BCUT2D eigenvalue weighted by Crippen LogP contribution is 2.34. The summed E-state index contributed by atoms with van der Waals surface area (Å²) < 4.78 is 36.5. The Labute approximate surface area is 175 Å². The number of amides is 1. The first-order valence-electron chi connectivity index (χ1n) is 9.21. The Morgan fingerprint density at radius 3 is 2.48 bits per heavy atom. The van der Waals surface area contributed by atoms with Gasteiger partial charge in [0.05, 0.1) is 11.9 Å². The van der Waals surface area contributed by atoms with Gasteiger partial charge in [-0.3, -0.25) is 9.10 Å². The van der Waals surface area contributed by atoms with E-state index in [2.05, 4.69) is 5.32 Å². The Balaban J connectivity index is 1.57. The lowest BCUT2D eigenvalue weighted by Crippen LogP contribution is -2.40. The zero-order chi connectivity index (χ0) is 20.9. The first-order valence-corrected chi connectivity index (χ1v) is 11.4. The number of hydrogen-bond donors (Lipinski definition) is 1. The van der Waals surface area contributed by atoms with Crippen LogP contribution in [0.1, 0.15) is 12.0 Å². The van der Waals surface area contributed by atoms with Gasteiger partial charge >= 0.3 is 0 Å². The molecule has 9 heteroatoms. The van der Waals surface area contributed by atoms with Gasteiger partial charge in [0.1, 0.15) is 19.8 Å². The van der Waals surface area contributed by atoms with E-state index >= 15 is 0 Å². The third-order valence-electron chi connectivity index (χ3n) is 4.38. The number of fused-ring (bicyclic) bond motifs is 1. The topological polar surface area (TPSA) is 84.9 Å². The minimum atomic E-state index is -3.65. The molecule has 1 heterocycles. The molecule has 3 rings (SSSR count). The maximum absolute atomic E-state index is 12.3. The van der Waals surface area contributed by atoms with Crippen LogP contribution in [0.4, 0.5) is 5.69 Å². The highest BCUT2D eigenvalue weighted by molar-refractivity contribution is 7.92. The number of hydrogen-bond acceptors (Lipinski definition) is 5. The van der Waals surface area contributed by atoms with Crippen LogP contribution >= 0.6 is 11.6 Å². The summed E-state index contributed by atoms with van der Waals surface area (Å²) in [5.74, 6) is 0.646. The van der Waals surface area contributed by atoms with E-state index in [4.69, 9.17) is 21.1 Å². The quantitative estimate of drug-likeness (QED) is 0.640. The molecule has 0 radical (unpaired) electrons. The van der Waals surface area contributed by atoms with Crippen LogP contribution < -0.4 is 19.1 Å². The number of carbonyl (C=O) groups excluding carboxylic acids is 1. The summed E-state index contributed by atoms with van der Waals surface area (Å²) in [7, 11) is -3.65. The standard InChI is InChI=1S/C20H23ClN2O5S/c1-29(25,26)23(17-8-9-18-19(13-17)28-12-11-27-18)14-20(24)22-10-2-3-15-4-6-16(21)7-5-15/h4-9,13H,2-3,10-12,14H2,1H3,(H,22,24). The van der Waals surface area contributed by atoms with Crippen LogP contribution in [0.15, 0.2) is 42.5 Å². The van der Waals surface area contributed by atoms with Gasteiger partial charge in [-0.15, -0.1) is 0 Å². The van der Waals surface area contributed by atoms with E-state index in [0.717, 1.165) is 29.0 Å². The van der Waals surface area contributed by atoms with Gasteiger partial charge in [0.2, 0.25) is 15.9 Å². The molecule has 0 spiro atoms. The highest BCUT2D eigenvalue weighted by atomic mass is 35.5. The van der Waals surface area contributed by atoms with Gasteiger partial charge in [-0.25, -0.2) is 8.42 Å². The van der Waals surface area contributed by atoms with E-state index < -0.39 is 10.0 Å². The third-order valence-corrected chi connectivity index (χ3v) is 5.77. The molecule has 7 nitrogen and oxygen atoms in total. The number of sulfonamides is 1. The average Bonchev–Trinajstić information content (AvgIpc) is 2.69. The summed E-state index contributed by atoms with van der Waals surface area (Å²) in [6, 6.07) is 12.4. The number of ether oxygens (including phenoxy) is 2. The molecule has 156 valence electrons. The fraction of sp³-hybridized carbons (Fsp3) is 0.350. The zero-order valence-electron chi connectivity index (χ0n) is 16.1. The largest absolute Gasteiger partial charge is 0.486 e. The van der Waals surface area contributed by atoms with Crippen LogP contribution in [-0.4, -0.2) is 46.9 Å². The maximum atomic E-state index is 12.3. The number of nitrogens with zero attached hydrogens (tertiary/aromatic N) is 1. The van der Waals surface area contributed by atoms with Crippen molar-refractivity contribution in [3.05, 3.63) is 53.1 Å². The van der Waals surface area contributed by atoms with E-state index in [0.29, 0.717) is 42.0 Å². The molecule has 0 aromatic heterocycles. The zero-order valence-corrected chi connectivity index (χ0v) is 17.6. The predicted molar refractivity (Wildman–Crippen MR) is 112 cm³/mol. The van der Waals surface area contributed by atoms with E-state index in [9.17, 15) is 13.2 Å². The molecule has 1 aliphatic rings. The minimum absolute atomic E-state index is 0.306. The van der Waals surface area contributed by atoms with Gasteiger partial charge in [-0.2, -0.15) is 0 Å². The van der Waals surface area contributed by atoms with Crippen LogP contribution in [0.2, 0.25) is 5.02 Å². The van der Waals surface area contributed by atoms with E-state index in [1.54, 1.807) is 18.2 Å². The number of anilines is 1. The molecule has 0 fully saturated rings. The molecule has 0 aliphatic carbocycles. The van der Waals surface area contributed by atoms with Crippen LogP contribution in [0, 0.1) is 0 Å². The molecule has 0 saturated carbocycles. The lowest BCUT2D eigenvalue weighted by atomic mass is 10.1. The second-order valence-corrected chi connectivity index (χ2v) is 9.02. The molecular weight excluding hydrogens is 416 g/mol. The van der Waals surface area contributed by atoms with Gasteiger partial charge in [0.25, 0.3) is 0 Å². The Bertz CT molecular complexity index is 963. The van der Waals surface area contributed by atoms with Crippen LogP contribution in [-0.2, 0) is 21.2 Å². The Hall–Kier alpha value is -2.45. The van der Waals surface area contributed by atoms with Gasteiger partial charge in [0, 0.05) is 17.6 Å². The summed E-state index contributed by atoms with van der Waals surface area (Å²) in [4.78, 5) is 12.3. The first kappa shape index (κ1) is 21.3. The van der Waals surface area contributed by atoms with Crippen molar-refractivity contribution in [3.8, 4) is 11.5 Å². The monoisotopic (exact) mass is 438 g/mol. The molecule has 1 aliphatic heterocycles. The lowest BCUT2D eigenvalue weighted by molar-refractivity contribution is -0.119. The molecule has 0 unspecified atom stereocenters. The van der Waals surface area contributed by atoms with Crippen molar-refractivity contribution >= 4 is 33.2 Å². The molecule has 2 aromatic rings. The highest BCUT2D eigenvalue weighted by Gasteiger charge is 2.23. The van der Waals surface area contributed by atoms with Crippen LogP contribution in [0.3, 0.4) is 0 Å². The Morgan fingerprint density at radius 1 is 1.10 bits per heavy atom. The number of halogens is 1. The lowest BCUT2D eigenvalue weighted by Gasteiger charge is -2.24. The number of carbonyl (C=O) groups is 1. The molecule has 0 saturated heterocycles. The predicted octanol–water partition coefficient (Wildman–Crippen LogP) is 2.63. The fourth-order valence-corrected chi connectivity index (χ4v) is 3.92. The second kappa shape index (κ2) is 9.37. The van der Waals surface area contributed by atoms with E-state index in [1.165, 1.54) is 0 Å². The number of nitrogens with one attached hydrogen (secondary N) is 1. The summed E-state index contributed by atoms with van der Waals surface area (Å²) in [6.45, 7) is 0.976. The normalized spacial score (nSPS) is 13.0. The molecule has 0 bridgehead atoms. The Kier molecular flexibility index (Phi) is 6.87. The van der Waals surface area contributed by atoms with E-state index in [1.807, 2.05) is 24.3 Å². The SMILES string of the molecule is CS(=O)(=O)N(CC(=O)NCCCc1ccc(Cl)cc1)c1ccc2c(c1)OCCO2. The van der Waals surface area contributed by atoms with E-state index in [-0.39, 0.29) is 12.5 Å². The van der Waals surface area contributed by atoms with Crippen molar-refractivity contribution in [1.29, 1.82) is 0 Å². The summed E-state index contributed by atoms with van der Waals surface area (Å²) in [5, 5.41) is 3.45. The number of rotatable bonds is 8. The second-order valence-electron chi connectivity index (χ2n) is 6.68. The van der Waals surface area contributed by atoms with Gasteiger partial charge in [-0.05, 0) is 42.7 Å². The molecular formula is C20H23ClN2O5S. The summed E-state index contributed by atoms with van der Waals surface area (Å²) in [5.41, 5.74) is 1.48. The van der Waals surface area contributed by atoms with Crippen molar-refractivity contribution in [2.45, 2.75) is 12.8 Å². The minimum Gasteiger partial charge on any atom is -0.486 e. The smallest absolute Gasteiger partial charge is 0.240 e. The van der Waals surface area contributed by atoms with Crippen molar-refractivity contribution in [2.75, 3.05) is 36.9 Å². The molecule has 0 atom stereocenters. The van der Waals surface area contributed by atoms with Crippen LogP contribution in [0.25, 0.3) is 0 Å². The maximum Gasteiger partial charge on any atom is 0.240 e. The fourth-order valence-electron chi connectivity index (χ4n) is 2.94. The first-order chi connectivity index (χ1) is 13.8. The summed E-state index contributed by atoms with van der Waals surface area (Å²) >= 11 is 5.86. The van der Waals surface area contributed by atoms with Crippen molar-refractivity contribution in [2.24, 2.45) is 0 Å². The van der Waals surface area contributed by atoms with Gasteiger partial charge < -0.3 is 14.8 Å². The third kappa shape index (κ3) is 6.01. The van der Waals surface area contributed by atoms with Crippen molar-refractivity contribution in [1.82, 2.24) is 5.32 Å². The van der Waals surface area contributed by atoms with Crippen molar-refractivity contribution < 1.29 is 22.7 Å². The number of aryl methyl sites for hydroxylation is 1. The summed E-state index contributed by atoms with van der Waals surface area (Å²) in [6.07, 6.45) is 2.59. The molecule has 2 aromatic carbocycles. The number of benzene rings is 2. The van der Waals surface area contributed by atoms with Gasteiger partial charge in [0.15, 0.2) is 11.5 Å². The van der Waals surface area contributed by atoms with Gasteiger partial charge in [-0.1, -0.05) is 23.7 Å². The molecule has 1 amide bonds. The molecule has 1 N–H and O–H groups in total. The van der Waals surface area contributed by atoms with Crippen molar-refractivity contribution in [3.63, 3.8) is 0 Å². The van der Waals surface area contributed by atoms with Crippen LogP contribution in [0.5, 0.6) is 11.5 Å².